The fourth-order valence-corrected chi connectivity index (χ4v) is 1.85. The number of hydrogen-bond donors (Lipinski definition) is 1. The molecule has 0 aliphatic carbocycles. The molecule has 0 saturated carbocycles. The second-order valence-corrected chi connectivity index (χ2v) is 4.47. The Balaban J connectivity index is 2.06. The fourth-order valence-electron chi connectivity index (χ4n) is 1.85. The highest BCUT2D eigenvalue weighted by Gasteiger charge is 2.05. The Bertz CT molecular complexity index is 542. The van der Waals surface area contributed by atoms with E-state index in [2.05, 4.69) is 0 Å². The van der Waals surface area contributed by atoms with Gasteiger partial charge in [0.2, 0.25) is 0 Å². The molecule has 2 nitrogen and oxygen atoms in total. The minimum absolute atomic E-state index is 0.0111. The topological polar surface area (TPSA) is 35.2 Å². The molecule has 2 rings (SSSR count). The molecule has 0 spiro atoms. The summed E-state index contributed by atoms with van der Waals surface area (Å²) < 4.78 is 19.1. The van der Waals surface area contributed by atoms with Crippen LogP contribution in [-0.2, 0) is 6.61 Å². The maximum Gasteiger partial charge on any atom is 0.129 e. The Kier molecular flexibility index (Phi) is 4.53. The van der Waals surface area contributed by atoms with E-state index in [-0.39, 0.29) is 18.5 Å². The van der Waals surface area contributed by atoms with Crippen LogP contribution < -0.4 is 10.5 Å². The third-order valence-corrected chi connectivity index (χ3v) is 3.08. The third kappa shape index (κ3) is 3.55. The monoisotopic (exact) mass is 259 g/mol. The van der Waals surface area contributed by atoms with Crippen LogP contribution >= 0.6 is 0 Å². The Hall–Kier alpha value is -1.87. The number of nitrogens with two attached hydrogens (primary N) is 1. The molecule has 1 unspecified atom stereocenters. The van der Waals surface area contributed by atoms with Gasteiger partial charge in [-0.1, -0.05) is 37.3 Å². The molecule has 19 heavy (non-hydrogen) atoms. The average Bonchev–Trinajstić information content (AvgIpc) is 2.46. The van der Waals surface area contributed by atoms with Crippen molar-refractivity contribution >= 4 is 0 Å². The summed E-state index contributed by atoms with van der Waals surface area (Å²) in [6, 6.07) is 14.3. The highest BCUT2D eigenvalue weighted by molar-refractivity contribution is 5.30. The summed E-state index contributed by atoms with van der Waals surface area (Å²) >= 11 is 0. The summed E-state index contributed by atoms with van der Waals surface area (Å²) in [5.74, 6) is 0.466. The van der Waals surface area contributed by atoms with Gasteiger partial charge in [0.25, 0.3) is 0 Å². The first-order chi connectivity index (χ1) is 9.20. The van der Waals surface area contributed by atoms with E-state index < -0.39 is 0 Å². The van der Waals surface area contributed by atoms with Crippen LogP contribution in [0.1, 0.15) is 30.5 Å². The Morgan fingerprint density at radius 2 is 1.95 bits per heavy atom. The molecule has 0 radical (unpaired) electrons. The number of halogens is 1. The van der Waals surface area contributed by atoms with Crippen LogP contribution in [0.5, 0.6) is 5.75 Å². The van der Waals surface area contributed by atoms with E-state index >= 15 is 0 Å². The molecule has 0 aliphatic rings. The van der Waals surface area contributed by atoms with Crippen LogP contribution in [0.2, 0.25) is 0 Å². The molecule has 2 aromatic carbocycles. The maximum absolute atomic E-state index is 13.5. The first kappa shape index (κ1) is 13.6. The van der Waals surface area contributed by atoms with Crippen LogP contribution in [0.4, 0.5) is 4.39 Å². The van der Waals surface area contributed by atoms with E-state index in [1.807, 2.05) is 31.2 Å². The maximum atomic E-state index is 13.5. The van der Waals surface area contributed by atoms with Gasteiger partial charge in [-0.3, -0.25) is 0 Å². The van der Waals surface area contributed by atoms with Crippen molar-refractivity contribution < 1.29 is 9.13 Å². The number of hydrogen-bond acceptors (Lipinski definition) is 2. The Labute approximate surface area is 113 Å². The Morgan fingerprint density at radius 3 is 2.68 bits per heavy atom. The van der Waals surface area contributed by atoms with Gasteiger partial charge >= 0.3 is 0 Å². The molecule has 0 saturated heterocycles. The molecule has 2 aromatic rings. The SMILES string of the molecule is CCC(N)c1cccc(OCc2ccccc2F)c1. The lowest BCUT2D eigenvalue weighted by Gasteiger charge is -2.12. The van der Waals surface area contributed by atoms with E-state index in [1.165, 1.54) is 6.07 Å². The molecule has 0 aliphatic heterocycles. The molecule has 0 bridgehead atoms. The van der Waals surface area contributed by atoms with Gasteiger partial charge in [-0.25, -0.2) is 4.39 Å². The minimum Gasteiger partial charge on any atom is -0.489 e. The average molecular weight is 259 g/mol. The van der Waals surface area contributed by atoms with Crippen molar-refractivity contribution in [3.63, 3.8) is 0 Å². The van der Waals surface area contributed by atoms with Gasteiger partial charge in [-0.05, 0) is 30.2 Å². The van der Waals surface area contributed by atoms with Crippen LogP contribution in [-0.4, -0.2) is 0 Å². The zero-order valence-corrected chi connectivity index (χ0v) is 11.0. The predicted octanol–water partition coefficient (Wildman–Crippen LogP) is 3.81. The molecule has 100 valence electrons. The second kappa shape index (κ2) is 6.34. The highest BCUT2D eigenvalue weighted by atomic mass is 19.1. The predicted molar refractivity (Wildman–Crippen MR) is 74.4 cm³/mol. The third-order valence-electron chi connectivity index (χ3n) is 3.08. The van der Waals surface area contributed by atoms with Gasteiger partial charge in [0, 0.05) is 11.6 Å². The molecule has 1 atom stereocenters. The van der Waals surface area contributed by atoms with Crippen molar-refractivity contribution in [2.24, 2.45) is 5.73 Å². The van der Waals surface area contributed by atoms with E-state index in [9.17, 15) is 4.39 Å². The smallest absolute Gasteiger partial charge is 0.129 e. The number of benzene rings is 2. The lowest BCUT2D eigenvalue weighted by molar-refractivity contribution is 0.299. The van der Waals surface area contributed by atoms with Crippen molar-refractivity contribution in [2.45, 2.75) is 26.0 Å². The lowest BCUT2D eigenvalue weighted by atomic mass is 10.1. The number of ether oxygens (including phenoxy) is 1. The van der Waals surface area contributed by atoms with E-state index in [1.54, 1.807) is 18.2 Å². The molecule has 0 fully saturated rings. The van der Waals surface area contributed by atoms with Gasteiger partial charge < -0.3 is 10.5 Å². The van der Waals surface area contributed by atoms with Gasteiger partial charge in [0.1, 0.15) is 18.2 Å². The minimum atomic E-state index is -0.246. The van der Waals surface area contributed by atoms with Crippen molar-refractivity contribution in [1.82, 2.24) is 0 Å². The first-order valence-corrected chi connectivity index (χ1v) is 6.42. The fraction of sp³-hybridized carbons (Fsp3) is 0.250. The summed E-state index contributed by atoms with van der Waals surface area (Å²) in [7, 11) is 0. The van der Waals surface area contributed by atoms with E-state index in [4.69, 9.17) is 10.5 Å². The summed E-state index contributed by atoms with van der Waals surface area (Å²) in [5.41, 5.74) is 7.56. The van der Waals surface area contributed by atoms with Gasteiger partial charge in [-0.15, -0.1) is 0 Å². The van der Waals surface area contributed by atoms with Crippen LogP contribution in [0, 0.1) is 5.82 Å². The molecular weight excluding hydrogens is 241 g/mol. The van der Waals surface area contributed by atoms with E-state index in [0.717, 1.165) is 12.0 Å². The molecule has 0 aromatic heterocycles. The van der Waals surface area contributed by atoms with E-state index in [0.29, 0.717) is 11.3 Å². The van der Waals surface area contributed by atoms with Gasteiger partial charge in [0.05, 0.1) is 0 Å². The molecule has 2 N–H and O–H groups in total. The summed E-state index contributed by atoms with van der Waals surface area (Å²) in [6.45, 7) is 2.26. The summed E-state index contributed by atoms with van der Waals surface area (Å²) in [6.07, 6.45) is 0.872. The normalized spacial score (nSPS) is 12.2. The van der Waals surface area contributed by atoms with Crippen molar-refractivity contribution in [3.05, 3.63) is 65.5 Å². The van der Waals surface area contributed by atoms with Crippen LogP contribution in [0.25, 0.3) is 0 Å². The molecule has 3 heteroatoms. The van der Waals surface area contributed by atoms with Crippen molar-refractivity contribution in [1.29, 1.82) is 0 Å². The lowest BCUT2D eigenvalue weighted by Crippen LogP contribution is -2.08. The number of rotatable bonds is 5. The first-order valence-electron chi connectivity index (χ1n) is 6.42. The molecule has 0 amide bonds. The summed E-state index contributed by atoms with van der Waals surface area (Å²) in [4.78, 5) is 0. The Morgan fingerprint density at radius 1 is 1.16 bits per heavy atom. The van der Waals surface area contributed by atoms with Gasteiger partial charge in [-0.2, -0.15) is 0 Å². The standard InChI is InChI=1S/C16H18FNO/c1-2-16(18)12-7-5-8-14(10-12)19-11-13-6-3-4-9-15(13)17/h3-10,16H,2,11,18H2,1H3. The van der Waals surface area contributed by atoms with Crippen molar-refractivity contribution in [2.75, 3.05) is 0 Å². The van der Waals surface area contributed by atoms with Crippen LogP contribution in [0.3, 0.4) is 0 Å². The zero-order chi connectivity index (χ0) is 13.7. The highest BCUT2D eigenvalue weighted by Crippen LogP contribution is 2.21. The molecular formula is C16H18FNO. The second-order valence-electron chi connectivity index (χ2n) is 4.47. The van der Waals surface area contributed by atoms with Crippen LogP contribution in [0.15, 0.2) is 48.5 Å². The largest absolute Gasteiger partial charge is 0.489 e. The zero-order valence-electron chi connectivity index (χ0n) is 11.0. The quantitative estimate of drug-likeness (QED) is 0.886. The summed E-state index contributed by atoms with van der Waals surface area (Å²) in [5, 5.41) is 0. The molecule has 0 heterocycles. The van der Waals surface area contributed by atoms with Crippen molar-refractivity contribution in [3.8, 4) is 5.75 Å². The van der Waals surface area contributed by atoms with Gasteiger partial charge in [0.15, 0.2) is 0 Å².